The van der Waals surface area contributed by atoms with Crippen LogP contribution in [0.4, 0.5) is 5.82 Å². The van der Waals surface area contributed by atoms with Crippen LogP contribution in [0.1, 0.15) is 72.9 Å². The Hall–Kier alpha value is -2.34. The van der Waals surface area contributed by atoms with Gasteiger partial charge in [0, 0.05) is 23.9 Å². The van der Waals surface area contributed by atoms with Gasteiger partial charge >= 0.3 is 0 Å². The number of benzene rings is 1. The Morgan fingerprint density at radius 1 is 1.19 bits per heavy atom. The molecule has 0 fully saturated rings. The highest BCUT2D eigenvalue weighted by atomic mass is 35.5. The van der Waals surface area contributed by atoms with Crippen LogP contribution in [0, 0.1) is 0 Å². The van der Waals surface area contributed by atoms with E-state index in [1.807, 2.05) is 38.1 Å². The van der Waals surface area contributed by atoms with Gasteiger partial charge in [-0.15, -0.1) is 0 Å². The molecule has 170 valence electrons. The minimum Gasteiger partial charge on any atom is -0.331 e. The molecule has 2 aromatic rings. The quantitative estimate of drug-likeness (QED) is 0.511. The normalized spacial score (nSPS) is 11.6. The van der Waals surface area contributed by atoms with Gasteiger partial charge < -0.3 is 10.2 Å². The van der Waals surface area contributed by atoms with Crippen LogP contribution in [-0.2, 0) is 15.0 Å². The van der Waals surface area contributed by atoms with Crippen LogP contribution >= 0.6 is 11.6 Å². The highest BCUT2D eigenvalue weighted by molar-refractivity contribution is 6.32. The summed E-state index contributed by atoms with van der Waals surface area (Å²) in [6.07, 6.45) is 3.37. The topological polar surface area (TPSA) is 67.2 Å². The molecule has 31 heavy (non-hydrogen) atoms. The number of hydrogen-bond acceptors (Lipinski definition) is 3. The molecule has 6 nitrogen and oxygen atoms in total. The molecule has 7 heteroatoms. The second-order valence-corrected chi connectivity index (χ2v) is 9.56. The fourth-order valence-corrected chi connectivity index (χ4v) is 3.43. The van der Waals surface area contributed by atoms with Crippen molar-refractivity contribution < 1.29 is 9.59 Å². The molecule has 0 aliphatic carbocycles. The predicted molar refractivity (Wildman–Crippen MR) is 127 cm³/mol. The number of carbonyl (C=O) groups excluding carboxylic acids is 2. The maximum atomic E-state index is 12.9. The minimum absolute atomic E-state index is 0.00117. The second kappa shape index (κ2) is 10.8. The van der Waals surface area contributed by atoms with Crippen LogP contribution in [-0.4, -0.2) is 39.1 Å². The van der Waals surface area contributed by atoms with Crippen LogP contribution in [0.5, 0.6) is 0 Å². The van der Waals surface area contributed by atoms with Gasteiger partial charge in [-0.25, -0.2) is 4.68 Å². The number of amides is 2. The fourth-order valence-electron chi connectivity index (χ4n) is 3.21. The van der Waals surface area contributed by atoms with E-state index >= 15 is 0 Å². The standard InChI is InChI=1S/C24H35ClN4O2/c1-7-8-9-14-23(31)28(17(2)3)16-22(30)26-21-15-20(24(4,5)6)27-29(21)19-13-11-10-12-18(19)25/h10-13,15,17H,7-9,14,16H2,1-6H3,(H,26,30). The summed E-state index contributed by atoms with van der Waals surface area (Å²) in [7, 11) is 0. The average molecular weight is 447 g/mol. The van der Waals surface area contributed by atoms with Crippen molar-refractivity contribution >= 4 is 29.2 Å². The summed E-state index contributed by atoms with van der Waals surface area (Å²) in [6, 6.07) is 9.18. The number of rotatable bonds is 9. The van der Waals surface area contributed by atoms with Gasteiger partial charge in [-0.1, -0.05) is 64.3 Å². The molecule has 1 heterocycles. The number of carbonyl (C=O) groups is 2. The van der Waals surface area contributed by atoms with E-state index in [1.165, 1.54) is 0 Å². The number of halogens is 1. The molecule has 2 rings (SSSR count). The SMILES string of the molecule is CCCCCC(=O)N(CC(=O)Nc1cc(C(C)(C)C)nn1-c1ccccc1Cl)C(C)C. The van der Waals surface area contributed by atoms with Gasteiger partial charge in [0.15, 0.2) is 0 Å². The predicted octanol–water partition coefficient (Wildman–Crippen LogP) is 5.58. The van der Waals surface area contributed by atoms with Crippen molar-refractivity contribution in [2.75, 3.05) is 11.9 Å². The third-order valence-electron chi connectivity index (χ3n) is 5.08. The number of unbranched alkanes of at least 4 members (excludes halogenated alkanes) is 2. The van der Waals surface area contributed by atoms with Gasteiger partial charge in [0.1, 0.15) is 12.4 Å². The fraction of sp³-hybridized carbons (Fsp3) is 0.542. The van der Waals surface area contributed by atoms with Gasteiger partial charge in [-0.05, 0) is 32.4 Å². The Bertz CT molecular complexity index is 899. The Morgan fingerprint density at radius 3 is 2.45 bits per heavy atom. The summed E-state index contributed by atoms with van der Waals surface area (Å²) in [5.74, 6) is 0.282. The van der Waals surface area contributed by atoms with Crippen LogP contribution in [0.3, 0.4) is 0 Å². The molecule has 0 aliphatic heterocycles. The molecule has 0 radical (unpaired) electrons. The lowest BCUT2D eigenvalue weighted by atomic mass is 9.92. The molecule has 1 N–H and O–H groups in total. The van der Waals surface area contributed by atoms with Crippen molar-refractivity contribution in [1.29, 1.82) is 0 Å². The first kappa shape index (κ1) is 24.9. The Balaban J connectivity index is 2.26. The molecular formula is C24H35ClN4O2. The Labute approximate surface area is 191 Å². The third kappa shape index (κ3) is 6.82. The second-order valence-electron chi connectivity index (χ2n) is 9.15. The molecule has 0 atom stereocenters. The van der Waals surface area contributed by atoms with E-state index in [1.54, 1.807) is 15.6 Å². The van der Waals surface area contributed by atoms with Crippen molar-refractivity contribution in [1.82, 2.24) is 14.7 Å². The van der Waals surface area contributed by atoms with E-state index in [4.69, 9.17) is 16.7 Å². The largest absolute Gasteiger partial charge is 0.331 e. The third-order valence-corrected chi connectivity index (χ3v) is 5.40. The van der Waals surface area contributed by atoms with Crippen molar-refractivity contribution in [2.24, 2.45) is 0 Å². The van der Waals surface area contributed by atoms with E-state index in [-0.39, 0.29) is 29.8 Å². The zero-order chi connectivity index (χ0) is 23.2. The first-order chi connectivity index (χ1) is 14.5. The average Bonchev–Trinajstić information content (AvgIpc) is 3.10. The molecule has 0 spiro atoms. The summed E-state index contributed by atoms with van der Waals surface area (Å²) in [5.41, 5.74) is 1.32. The molecule has 1 aromatic heterocycles. The summed E-state index contributed by atoms with van der Waals surface area (Å²) >= 11 is 6.39. The zero-order valence-electron chi connectivity index (χ0n) is 19.5. The van der Waals surface area contributed by atoms with Gasteiger partial charge in [0.2, 0.25) is 11.8 Å². The summed E-state index contributed by atoms with van der Waals surface area (Å²) in [4.78, 5) is 27.2. The highest BCUT2D eigenvalue weighted by Gasteiger charge is 2.24. The molecule has 2 amide bonds. The van der Waals surface area contributed by atoms with Crippen molar-refractivity contribution in [2.45, 2.75) is 78.7 Å². The number of para-hydroxylation sites is 1. The molecule has 0 saturated heterocycles. The van der Waals surface area contributed by atoms with Crippen LogP contribution < -0.4 is 5.32 Å². The molecule has 0 aliphatic rings. The van der Waals surface area contributed by atoms with Gasteiger partial charge in [0.05, 0.1) is 16.4 Å². The lowest BCUT2D eigenvalue weighted by Gasteiger charge is -2.26. The number of aromatic nitrogens is 2. The highest BCUT2D eigenvalue weighted by Crippen LogP contribution is 2.29. The monoisotopic (exact) mass is 446 g/mol. The lowest BCUT2D eigenvalue weighted by Crippen LogP contribution is -2.42. The maximum absolute atomic E-state index is 12.9. The van der Waals surface area contributed by atoms with Gasteiger partial charge in [0.25, 0.3) is 0 Å². The summed E-state index contributed by atoms with van der Waals surface area (Å²) in [6.45, 7) is 12.1. The van der Waals surface area contributed by atoms with Gasteiger partial charge in [-0.3, -0.25) is 9.59 Å². The van der Waals surface area contributed by atoms with Crippen molar-refractivity contribution in [3.05, 3.63) is 41.0 Å². The Kier molecular flexibility index (Phi) is 8.69. The van der Waals surface area contributed by atoms with E-state index in [9.17, 15) is 9.59 Å². The number of anilines is 1. The molecule has 1 aromatic carbocycles. The van der Waals surface area contributed by atoms with Crippen molar-refractivity contribution in [3.8, 4) is 5.69 Å². The van der Waals surface area contributed by atoms with Crippen LogP contribution in [0.25, 0.3) is 5.69 Å². The smallest absolute Gasteiger partial charge is 0.245 e. The van der Waals surface area contributed by atoms with Gasteiger partial charge in [-0.2, -0.15) is 5.10 Å². The number of nitrogens with one attached hydrogen (secondary N) is 1. The zero-order valence-corrected chi connectivity index (χ0v) is 20.3. The lowest BCUT2D eigenvalue weighted by molar-refractivity contribution is -0.136. The molecule has 0 saturated carbocycles. The van der Waals surface area contributed by atoms with E-state index in [0.29, 0.717) is 22.9 Å². The van der Waals surface area contributed by atoms with Crippen LogP contribution in [0.15, 0.2) is 30.3 Å². The van der Waals surface area contributed by atoms with E-state index in [0.717, 1.165) is 25.0 Å². The summed E-state index contributed by atoms with van der Waals surface area (Å²) < 4.78 is 1.66. The molecule has 0 bridgehead atoms. The minimum atomic E-state index is -0.258. The Morgan fingerprint density at radius 2 is 1.87 bits per heavy atom. The molecular weight excluding hydrogens is 412 g/mol. The van der Waals surface area contributed by atoms with E-state index in [2.05, 4.69) is 33.0 Å². The number of hydrogen-bond donors (Lipinski definition) is 1. The first-order valence-electron chi connectivity index (χ1n) is 11.0. The van der Waals surface area contributed by atoms with E-state index < -0.39 is 0 Å². The number of nitrogens with zero attached hydrogens (tertiary/aromatic N) is 3. The van der Waals surface area contributed by atoms with Crippen LogP contribution in [0.2, 0.25) is 5.02 Å². The summed E-state index contributed by atoms with van der Waals surface area (Å²) in [5, 5.41) is 8.19. The van der Waals surface area contributed by atoms with Crippen molar-refractivity contribution in [3.63, 3.8) is 0 Å². The molecule has 0 unspecified atom stereocenters. The maximum Gasteiger partial charge on any atom is 0.245 e. The first-order valence-corrected chi connectivity index (χ1v) is 11.4.